The predicted molar refractivity (Wildman–Crippen MR) is 146 cm³/mol. The molecule has 0 radical (unpaired) electrons. The highest BCUT2D eigenvalue weighted by atomic mass is 32.1. The van der Waals surface area contributed by atoms with Crippen molar-refractivity contribution in [3.05, 3.63) is 70.4 Å². The summed E-state index contributed by atoms with van der Waals surface area (Å²) in [6, 6.07) is 15.7. The van der Waals surface area contributed by atoms with Crippen LogP contribution in [0.2, 0.25) is 0 Å². The largest absolute Gasteiger partial charge is 0.497 e. The Morgan fingerprint density at radius 2 is 1.73 bits per heavy atom. The van der Waals surface area contributed by atoms with E-state index in [1.165, 1.54) is 17.8 Å². The van der Waals surface area contributed by atoms with E-state index in [4.69, 9.17) is 14.2 Å². The summed E-state index contributed by atoms with van der Waals surface area (Å²) >= 11 is 1.52. The van der Waals surface area contributed by atoms with Crippen LogP contribution in [0.1, 0.15) is 48.6 Å². The van der Waals surface area contributed by atoms with Crippen LogP contribution in [0.15, 0.2) is 60.0 Å². The zero-order valence-corrected chi connectivity index (χ0v) is 22.4. The molecule has 0 spiro atoms. The van der Waals surface area contributed by atoms with Crippen molar-refractivity contribution in [3.63, 3.8) is 0 Å². The summed E-state index contributed by atoms with van der Waals surface area (Å²) in [6.07, 6.45) is 5.41. The maximum atomic E-state index is 14.0. The van der Waals surface area contributed by atoms with E-state index in [2.05, 4.69) is 5.32 Å². The summed E-state index contributed by atoms with van der Waals surface area (Å²) in [4.78, 5) is 30.5. The van der Waals surface area contributed by atoms with Gasteiger partial charge in [0.25, 0.3) is 0 Å². The number of thiophene rings is 1. The highest BCUT2D eigenvalue weighted by molar-refractivity contribution is 7.10. The van der Waals surface area contributed by atoms with Gasteiger partial charge in [-0.05, 0) is 54.1 Å². The summed E-state index contributed by atoms with van der Waals surface area (Å²) < 4.78 is 16.4. The molecule has 1 heterocycles. The van der Waals surface area contributed by atoms with Gasteiger partial charge in [-0.2, -0.15) is 0 Å². The molecule has 2 aromatic carbocycles. The highest BCUT2D eigenvalue weighted by Crippen LogP contribution is 2.37. The molecule has 1 aliphatic rings. The lowest BCUT2D eigenvalue weighted by atomic mass is 9.94. The lowest BCUT2D eigenvalue weighted by molar-refractivity contribution is -0.127. The van der Waals surface area contributed by atoms with Crippen molar-refractivity contribution >= 4 is 28.8 Å². The van der Waals surface area contributed by atoms with Gasteiger partial charge in [-0.15, -0.1) is 11.3 Å². The number of benzene rings is 2. The van der Waals surface area contributed by atoms with Crippen molar-refractivity contribution in [3.8, 4) is 17.2 Å². The second kappa shape index (κ2) is 12.6. The molecule has 1 unspecified atom stereocenters. The second-order valence-electron chi connectivity index (χ2n) is 9.08. The number of hydrogen-bond acceptors (Lipinski definition) is 6. The Balaban J connectivity index is 1.81. The number of nitrogens with zero attached hydrogens (tertiary/aromatic N) is 1. The molecule has 2 amide bonds. The SMILES string of the molecule is COc1cccc(C(C(=O)NC2CCCCC2)N(C(=O)Cc2cccs2)c2ccc(OC)c(OC)c2)c1. The molecule has 1 N–H and O–H groups in total. The molecule has 0 bridgehead atoms. The van der Waals surface area contributed by atoms with Crippen LogP contribution in [-0.2, 0) is 16.0 Å². The normalized spacial score (nSPS) is 14.5. The van der Waals surface area contributed by atoms with Gasteiger partial charge in [0.15, 0.2) is 11.5 Å². The van der Waals surface area contributed by atoms with Crippen LogP contribution in [0.3, 0.4) is 0 Å². The monoisotopic (exact) mass is 522 g/mol. The summed E-state index contributed by atoms with van der Waals surface area (Å²) in [5, 5.41) is 5.19. The maximum Gasteiger partial charge on any atom is 0.248 e. The Labute approximate surface area is 222 Å². The van der Waals surface area contributed by atoms with E-state index in [0.717, 1.165) is 30.6 Å². The maximum absolute atomic E-state index is 14.0. The average Bonchev–Trinajstić information content (AvgIpc) is 3.44. The fraction of sp³-hybridized carbons (Fsp3) is 0.379. The van der Waals surface area contributed by atoms with Crippen molar-refractivity contribution in [2.75, 3.05) is 26.2 Å². The van der Waals surface area contributed by atoms with E-state index in [1.54, 1.807) is 44.4 Å². The molecule has 0 saturated heterocycles. The molecule has 0 aliphatic heterocycles. The third-order valence-electron chi connectivity index (χ3n) is 6.69. The van der Waals surface area contributed by atoms with E-state index < -0.39 is 6.04 Å². The molecule has 8 heteroatoms. The number of nitrogens with one attached hydrogen (secondary N) is 1. The van der Waals surface area contributed by atoms with Gasteiger partial charge in [0, 0.05) is 22.7 Å². The number of carbonyl (C=O) groups is 2. The molecule has 1 aliphatic carbocycles. The molecular formula is C29H34N2O5S. The van der Waals surface area contributed by atoms with Crippen molar-refractivity contribution in [1.29, 1.82) is 0 Å². The first kappa shape index (κ1) is 26.5. The minimum Gasteiger partial charge on any atom is -0.497 e. The lowest BCUT2D eigenvalue weighted by Crippen LogP contribution is -2.47. The topological polar surface area (TPSA) is 77.1 Å². The zero-order chi connectivity index (χ0) is 26.2. The summed E-state index contributed by atoms with van der Waals surface area (Å²) in [5.41, 5.74) is 1.22. The van der Waals surface area contributed by atoms with Crippen molar-refractivity contribution < 1.29 is 23.8 Å². The molecule has 37 heavy (non-hydrogen) atoms. The molecular weight excluding hydrogens is 488 g/mol. The Hall–Kier alpha value is -3.52. The first-order valence-corrected chi connectivity index (χ1v) is 13.4. The minimum atomic E-state index is -0.900. The van der Waals surface area contributed by atoms with Crippen LogP contribution < -0.4 is 24.4 Å². The molecule has 7 nitrogen and oxygen atoms in total. The number of anilines is 1. The fourth-order valence-corrected chi connectivity index (χ4v) is 5.51. The summed E-state index contributed by atoms with van der Waals surface area (Å²) in [7, 11) is 4.70. The Morgan fingerprint density at radius 1 is 0.946 bits per heavy atom. The number of hydrogen-bond donors (Lipinski definition) is 1. The molecule has 196 valence electrons. The van der Waals surface area contributed by atoms with Gasteiger partial charge in [0.2, 0.25) is 11.8 Å². The predicted octanol–water partition coefficient (Wildman–Crippen LogP) is 5.54. The minimum absolute atomic E-state index is 0.0917. The molecule has 1 saturated carbocycles. The molecule has 4 rings (SSSR count). The van der Waals surface area contributed by atoms with Gasteiger partial charge in [0.1, 0.15) is 11.8 Å². The number of amides is 2. The van der Waals surface area contributed by atoms with Crippen molar-refractivity contribution in [2.24, 2.45) is 0 Å². The first-order chi connectivity index (χ1) is 18.0. The van der Waals surface area contributed by atoms with Gasteiger partial charge in [-0.25, -0.2) is 0 Å². The lowest BCUT2D eigenvalue weighted by Gasteiger charge is -2.34. The number of rotatable bonds is 10. The van der Waals surface area contributed by atoms with Gasteiger partial charge >= 0.3 is 0 Å². The summed E-state index contributed by atoms with van der Waals surface area (Å²) in [5.74, 6) is 1.23. The van der Waals surface area contributed by atoms with Crippen molar-refractivity contribution in [1.82, 2.24) is 5.32 Å². The Bertz CT molecular complexity index is 1190. The van der Waals surface area contributed by atoms with Crippen molar-refractivity contribution in [2.45, 2.75) is 50.6 Å². The van der Waals surface area contributed by atoms with Gasteiger partial charge < -0.3 is 19.5 Å². The fourth-order valence-electron chi connectivity index (χ4n) is 4.82. The summed E-state index contributed by atoms with van der Waals surface area (Å²) in [6.45, 7) is 0. The first-order valence-electron chi connectivity index (χ1n) is 12.5. The number of methoxy groups -OCH3 is 3. The van der Waals surface area contributed by atoms with Crippen LogP contribution in [-0.4, -0.2) is 39.2 Å². The van der Waals surface area contributed by atoms with Crippen LogP contribution in [0, 0.1) is 0 Å². The third-order valence-corrected chi connectivity index (χ3v) is 7.56. The molecule has 1 fully saturated rings. The number of carbonyl (C=O) groups excluding carboxylic acids is 2. The van der Waals surface area contributed by atoms with Crippen LogP contribution in [0.5, 0.6) is 17.2 Å². The number of ether oxygens (including phenoxy) is 3. The average molecular weight is 523 g/mol. The van der Waals surface area contributed by atoms with E-state index in [1.807, 2.05) is 41.8 Å². The highest BCUT2D eigenvalue weighted by Gasteiger charge is 2.35. The van der Waals surface area contributed by atoms with E-state index in [9.17, 15) is 9.59 Å². The standard InChI is InChI=1S/C29H34N2O5S/c1-34-23-12-7-9-20(17-23)28(29(33)30-21-10-5-4-6-11-21)31(27(32)19-24-13-8-16-37-24)22-14-15-25(35-2)26(18-22)36-3/h7-9,12-18,21,28H,4-6,10-11,19H2,1-3H3,(H,30,33). The van der Waals surface area contributed by atoms with E-state index in [0.29, 0.717) is 28.5 Å². The van der Waals surface area contributed by atoms with E-state index in [-0.39, 0.29) is 24.3 Å². The molecule has 3 aromatic rings. The Morgan fingerprint density at radius 3 is 2.41 bits per heavy atom. The molecule has 1 aromatic heterocycles. The smallest absolute Gasteiger partial charge is 0.248 e. The molecule has 1 atom stereocenters. The van der Waals surface area contributed by atoms with Crippen LogP contribution in [0.4, 0.5) is 5.69 Å². The quantitative estimate of drug-likeness (QED) is 0.378. The van der Waals surface area contributed by atoms with Crippen LogP contribution in [0.25, 0.3) is 0 Å². The zero-order valence-electron chi connectivity index (χ0n) is 21.6. The second-order valence-corrected chi connectivity index (χ2v) is 10.1. The van der Waals surface area contributed by atoms with Crippen LogP contribution >= 0.6 is 11.3 Å². The van der Waals surface area contributed by atoms with Gasteiger partial charge in [0.05, 0.1) is 27.8 Å². The Kier molecular flexibility index (Phi) is 9.06. The van der Waals surface area contributed by atoms with Gasteiger partial charge in [-0.3, -0.25) is 14.5 Å². The van der Waals surface area contributed by atoms with Gasteiger partial charge in [-0.1, -0.05) is 37.5 Å². The van der Waals surface area contributed by atoms with E-state index >= 15 is 0 Å². The third kappa shape index (κ3) is 6.43.